The summed E-state index contributed by atoms with van der Waals surface area (Å²) in [6.07, 6.45) is 0.411. The van der Waals surface area contributed by atoms with E-state index in [0.29, 0.717) is 6.42 Å². The van der Waals surface area contributed by atoms with Gasteiger partial charge in [-0.1, -0.05) is 6.07 Å². The fourth-order valence-corrected chi connectivity index (χ4v) is 1.41. The molecule has 1 N–H and O–H groups in total. The fraction of sp³-hybridized carbons (Fsp3) is 0.417. The van der Waals surface area contributed by atoms with Gasteiger partial charge in [0.25, 0.3) is 0 Å². The van der Waals surface area contributed by atoms with Gasteiger partial charge in [-0.2, -0.15) is 0 Å². The molecule has 0 saturated carbocycles. The first kappa shape index (κ1) is 11.7. The SMILES string of the molecule is Cc1cc(F)ccc1CC(C)(C)C(=O)O. The fourth-order valence-electron chi connectivity index (χ4n) is 1.41. The number of carboxylic acids is 1. The first-order chi connectivity index (χ1) is 6.83. The number of halogens is 1. The van der Waals surface area contributed by atoms with Gasteiger partial charge in [0.05, 0.1) is 5.41 Å². The minimum atomic E-state index is -0.841. The maximum absolute atomic E-state index is 12.8. The zero-order valence-corrected chi connectivity index (χ0v) is 9.17. The van der Waals surface area contributed by atoms with Gasteiger partial charge in [0.2, 0.25) is 0 Å². The Balaban J connectivity index is 2.95. The Morgan fingerprint density at radius 2 is 2.07 bits per heavy atom. The normalized spacial score (nSPS) is 11.5. The molecule has 0 aliphatic carbocycles. The highest BCUT2D eigenvalue weighted by molar-refractivity contribution is 5.74. The summed E-state index contributed by atoms with van der Waals surface area (Å²) in [4.78, 5) is 10.9. The predicted molar refractivity (Wildman–Crippen MR) is 56.3 cm³/mol. The van der Waals surface area contributed by atoms with Crippen molar-refractivity contribution in [1.82, 2.24) is 0 Å². The van der Waals surface area contributed by atoms with E-state index in [-0.39, 0.29) is 5.82 Å². The van der Waals surface area contributed by atoms with Crippen molar-refractivity contribution < 1.29 is 14.3 Å². The van der Waals surface area contributed by atoms with E-state index in [0.717, 1.165) is 11.1 Å². The second-order valence-electron chi connectivity index (χ2n) is 4.44. The van der Waals surface area contributed by atoms with E-state index in [2.05, 4.69) is 0 Å². The number of carbonyl (C=O) groups is 1. The summed E-state index contributed by atoms with van der Waals surface area (Å²) in [6.45, 7) is 5.12. The maximum atomic E-state index is 12.8. The summed E-state index contributed by atoms with van der Waals surface area (Å²) in [5.41, 5.74) is 0.857. The van der Waals surface area contributed by atoms with Gasteiger partial charge in [-0.05, 0) is 50.5 Å². The summed E-state index contributed by atoms with van der Waals surface area (Å²) >= 11 is 0. The van der Waals surface area contributed by atoms with E-state index < -0.39 is 11.4 Å². The number of aliphatic carboxylic acids is 1. The van der Waals surface area contributed by atoms with Gasteiger partial charge in [0.1, 0.15) is 5.82 Å². The summed E-state index contributed by atoms with van der Waals surface area (Å²) in [7, 11) is 0. The first-order valence-corrected chi connectivity index (χ1v) is 4.81. The van der Waals surface area contributed by atoms with Crippen LogP contribution < -0.4 is 0 Å². The lowest BCUT2D eigenvalue weighted by Crippen LogP contribution is -2.26. The van der Waals surface area contributed by atoms with Crippen LogP contribution in [0.25, 0.3) is 0 Å². The summed E-state index contributed by atoms with van der Waals surface area (Å²) in [6, 6.07) is 4.43. The monoisotopic (exact) mass is 210 g/mol. The van der Waals surface area contributed by atoms with Gasteiger partial charge < -0.3 is 5.11 Å². The molecule has 0 heterocycles. The Morgan fingerprint density at radius 3 is 2.53 bits per heavy atom. The topological polar surface area (TPSA) is 37.3 Å². The molecular formula is C12H15FO2. The molecule has 3 heteroatoms. The van der Waals surface area contributed by atoms with E-state index >= 15 is 0 Å². The minimum absolute atomic E-state index is 0.288. The maximum Gasteiger partial charge on any atom is 0.309 e. The van der Waals surface area contributed by atoms with Gasteiger partial charge >= 0.3 is 5.97 Å². The second-order valence-corrected chi connectivity index (χ2v) is 4.44. The number of benzene rings is 1. The molecule has 0 bridgehead atoms. The molecule has 1 aromatic carbocycles. The van der Waals surface area contributed by atoms with Crippen LogP contribution >= 0.6 is 0 Å². The number of aryl methyl sites for hydroxylation is 1. The van der Waals surface area contributed by atoms with Gasteiger partial charge in [-0.15, -0.1) is 0 Å². The van der Waals surface area contributed by atoms with Gasteiger partial charge in [0.15, 0.2) is 0 Å². The van der Waals surface area contributed by atoms with Crippen LogP contribution in [0.2, 0.25) is 0 Å². The highest BCUT2D eigenvalue weighted by atomic mass is 19.1. The number of rotatable bonds is 3. The molecule has 2 nitrogen and oxygen atoms in total. The zero-order chi connectivity index (χ0) is 11.6. The van der Waals surface area contributed by atoms with Gasteiger partial charge in [-0.3, -0.25) is 4.79 Å². The van der Waals surface area contributed by atoms with Crippen molar-refractivity contribution in [1.29, 1.82) is 0 Å². The third-order valence-corrected chi connectivity index (χ3v) is 2.52. The summed E-state index contributed by atoms with van der Waals surface area (Å²) in [5.74, 6) is -1.13. The minimum Gasteiger partial charge on any atom is -0.481 e. The molecule has 0 aliphatic rings. The lowest BCUT2D eigenvalue weighted by Gasteiger charge is -2.20. The molecule has 0 spiro atoms. The van der Waals surface area contributed by atoms with Crippen molar-refractivity contribution >= 4 is 5.97 Å². The molecule has 0 unspecified atom stereocenters. The zero-order valence-electron chi connectivity index (χ0n) is 9.17. The van der Waals surface area contributed by atoms with Crippen LogP contribution in [0.15, 0.2) is 18.2 Å². The summed E-state index contributed by atoms with van der Waals surface area (Å²) < 4.78 is 12.8. The van der Waals surface area contributed by atoms with Crippen molar-refractivity contribution in [2.75, 3.05) is 0 Å². The van der Waals surface area contributed by atoms with E-state index in [1.165, 1.54) is 12.1 Å². The smallest absolute Gasteiger partial charge is 0.309 e. The Bertz CT molecular complexity index is 383. The Morgan fingerprint density at radius 1 is 1.47 bits per heavy atom. The largest absolute Gasteiger partial charge is 0.481 e. The molecule has 0 fully saturated rings. The quantitative estimate of drug-likeness (QED) is 0.832. The Kier molecular flexibility index (Phi) is 3.12. The molecule has 0 atom stereocenters. The summed E-state index contributed by atoms with van der Waals surface area (Å²) in [5, 5.41) is 8.97. The molecule has 0 aromatic heterocycles. The predicted octanol–water partition coefficient (Wildman–Crippen LogP) is 2.79. The van der Waals surface area contributed by atoms with Crippen LogP contribution in [0.5, 0.6) is 0 Å². The van der Waals surface area contributed by atoms with E-state index in [1.807, 2.05) is 0 Å². The van der Waals surface area contributed by atoms with Gasteiger partial charge in [-0.25, -0.2) is 4.39 Å². The van der Waals surface area contributed by atoms with E-state index in [1.54, 1.807) is 26.8 Å². The van der Waals surface area contributed by atoms with Crippen molar-refractivity contribution in [3.63, 3.8) is 0 Å². The van der Waals surface area contributed by atoms with Crippen LogP contribution in [-0.4, -0.2) is 11.1 Å². The van der Waals surface area contributed by atoms with Crippen molar-refractivity contribution in [3.05, 3.63) is 35.1 Å². The molecule has 0 saturated heterocycles. The first-order valence-electron chi connectivity index (χ1n) is 4.81. The average Bonchev–Trinajstić information content (AvgIpc) is 2.09. The molecule has 0 amide bonds. The number of hydrogen-bond acceptors (Lipinski definition) is 1. The number of hydrogen-bond donors (Lipinski definition) is 1. The molecule has 0 aliphatic heterocycles. The molecule has 1 rings (SSSR count). The van der Waals surface area contributed by atoms with Crippen molar-refractivity contribution in [3.8, 4) is 0 Å². The van der Waals surface area contributed by atoms with Crippen LogP contribution in [0.3, 0.4) is 0 Å². The van der Waals surface area contributed by atoms with E-state index in [4.69, 9.17) is 5.11 Å². The molecular weight excluding hydrogens is 195 g/mol. The highest BCUT2D eigenvalue weighted by Crippen LogP contribution is 2.24. The van der Waals surface area contributed by atoms with Crippen LogP contribution in [-0.2, 0) is 11.2 Å². The molecule has 0 radical (unpaired) electrons. The van der Waals surface area contributed by atoms with E-state index in [9.17, 15) is 9.18 Å². The molecule has 1 aromatic rings. The van der Waals surface area contributed by atoms with Gasteiger partial charge in [0, 0.05) is 0 Å². The van der Waals surface area contributed by atoms with Crippen LogP contribution in [0.4, 0.5) is 4.39 Å². The second kappa shape index (κ2) is 4.01. The van der Waals surface area contributed by atoms with Crippen LogP contribution in [0, 0.1) is 18.2 Å². The van der Waals surface area contributed by atoms with Crippen LogP contribution in [0.1, 0.15) is 25.0 Å². The Hall–Kier alpha value is -1.38. The Labute approximate surface area is 88.7 Å². The third-order valence-electron chi connectivity index (χ3n) is 2.52. The standard InChI is InChI=1S/C12H15FO2/c1-8-6-10(13)5-4-9(8)7-12(2,3)11(14)15/h4-6H,7H2,1-3H3,(H,14,15). The third kappa shape index (κ3) is 2.78. The van der Waals surface area contributed by atoms with Crippen molar-refractivity contribution in [2.24, 2.45) is 5.41 Å². The highest BCUT2D eigenvalue weighted by Gasteiger charge is 2.27. The average molecular weight is 210 g/mol. The lowest BCUT2D eigenvalue weighted by atomic mass is 9.84. The molecule has 15 heavy (non-hydrogen) atoms. The number of carboxylic acid groups (broad SMARTS) is 1. The van der Waals surface area contributed by atoms with Crippen molar-refractivity contribution in [2.45, 2.75) is 27.2 Å². The lowest BCUT2D eigenvalue weighted by molar-refractivity contribution is -0.146. The molecule has 82 valence electrons.